The van der Waals surface area contributed by atoms with Crippen LogP contribution in [-0.4, -0.2) is 37.5 Å². The quantitative estimate of drug-likeness (QED) is 0.361. The summed E-state index contributed by atoms with van der Waals surface area (Å²) < 4.78 is 4.69. The third-order valence-electron chi connectivity index (χ3n) is 1.06. The first kappa shape index (κ1) is 10.5. The molecule has 1 atom stereocenters. The molecule has 0 aliphatic carbocycles. The minimum Gasteiger partial charge on any atom is -0.465 e. The number of carboxylic acid groups (broad SMARTS) is 1. The van der Waals surface area contributed by atoms with E-state index in [1.54, 1.807) is 0 Å². The van der Waals surface area contributed by atoms with Crippen LogP contribution in [0.4, 0.5) is 4.79 Å². The van der Waals surface area contributed by atoms with E-state index in [2.05, 4.69) is 15.3 Å². The van der Waals surface area contributed by atoms with E-state index in [1.165, 1.54) is 7.11 Å². The van der Waals surface area contributed by atoms with Crippen molar-refractivity contribution in [2.24, 2.45) is 5.11 Å². The summed E-state index contributed by atoms with van der Waals surface area (Å²) in [6.45, 7) is 0.238. The zero-order chi connectivity index (χ0) is 9.40. The fourth-order valence-corrected chi connectivity index (χ4v) is 0.651. The molecule has 0 aromatic heterocycles. The number of hydrogen-bond acceptors (Lipinski definition) is 3. The van der Waals surface area contributed by atoms with Gasteiger partial charge in [-0.15, -0.1) is 0 Å². The summed E-state index contributed by atoms with van der Waals surface area (Å²) in [5.74, 6) is 0. The van der Waals surface area contributed by atoms with Gasteiger partial charge in [0.15, 0.2) is 0 Å². The first-order valence-corrected chi connectivity index (χ1v) is 3.20. The molecule has 1 amide bonds. The molecule has 0 aliphatic heterocycles. The maximum atomic E-state index is 10.1. The predicted molar refractivity (Wildman–Crippen MR) is 40.8 cm³/mol. The summed E-state index contributed by atoms with van der Waals surface area (Å²) in [6.07, 6.45) is -1.16. The van der Waals surface area contributed by atoms with Crippen LogP contribution >= 0.6 is 0 Å². The van der Waals surface area contributed by atoms with Gasteiger partial charge in [-0.05, 0) is 5.53 Å². The number of nitrogens with zero attached hydrogens (tertiary/aromatic N) is 3. The third kappa shape index (κ3) is 5.33. The number of nitrogens with one attached hydrogen (secondary N) is 1. The van der Waals surface area contributed by atoms with Crippen molar-refractivity contribution in [3.63, 3.8) is 0 Å². The monoisotopic (exact) mass is 174 g/mol. The smallest absolute Gasteiger partial charge is 0.404 e. The molecular formula is C5H10N4O3. The standard InChI is InChI=1S/C5H10N4O3/c1-12-3-4(2-7-9-6)8-5(10)11/h4,8H,2-3H2,1H3,(H,10,11). The van der Waals surface area contributed by atoms with Gasteiger partial charge in [-0.2, -0.15) is 0 Å². The normalized spacial score (nSPS) is 11.4. The Labute approximate surface area is 69.0 Å². The fourth-order valence-electron chi connectivity index (χ4n) is 0.651. The van der Waals surface area contributed by atoms with Crippen LogP contribution in [-0.2, 0) is 4.74 Å². The van der Waals surface area contributed by atoms with E-state index in [-0.39, 0.29) is 13.2 Å². The summed E-state index contributed by atoms with van der Waals surface area (Å²) in [5, 5.41) is 13.7. The van der Waals surface area contributed by atoms with Crippen LogP contribution < -0.4 is 5.32 Å². The molecule has 0 fully saturated rings. The van der Waals surface area contributed by atoms with E-state index in [0.29, 0.717) is 0 Å². The highest BCUT2D eigenvalue weighted by Crippen LogP contribution is 1.87. The van der Waals surface area contributed by atoms with Crippen molar-refractivity contribution in [2.45, 2.75) is 6.04 Å². The number of hydrogen-bond donors (Lipinski definition) is 2. The van der Waals surface area contributed by atoms with Crippen molar-refractivity contribution in [2.75, 3.05) is 20.3 Å². The van der Waals surface area contributed by atoms with Crippen LogP contribution in [0.15, 0.2) is 5.11 Å². The van der Waals surface area contributed by atoms with Crippen LogP contribution in [0.25, 0.3) is 10.4 Å². The van der Waals surface area contributed by atoms with E-state index in [1.807, 2.05) is 0 Å². The van der Waals surface area contributed by atoms with E-state index >= 15 is 0 Å². The van der Waals surface area contributed by atoms with Crippen molar-refractivity contribution in [3.8, 4) is 0 Å². The molecule has 0 spiro atoms. The summed E-state index contributed by atoms with van der Waals surface area (Å²) in [5.41, 5.74) is 7.96. The minimum atomic E-state index is -1.16. The van der Waals surface area contributed by atoms with Crippen LogP contribution in [0.5, 0.6) is 0 Å². The molecule has 0 saturated heterocycles. The molecule has 68 valence electrons. The number of carbonyl (C=O) groups is 1. The number of rotatable bonds is 5. The first-order valence-electron chi connectivity index (χ1n) is 3.20. The van der Waals surface area contributed by atoms with Crippen LogP contribution in [0.1, 0.15) is 0 Å². The molecule has 0 aliphatic rings. The highest BCUT2D eigenvalue weighted by molar-refractivity contribution is 5.64. The number of methoxy groups -OCH3 is 1. The van der Waals surface area contributed by atoms with Gasteiger partial charge in [-0.25, -0.2) is 4.79 Å². The van der Waals surface area contributed by atoms with Crippen molar-refractivity contribution >= 4 is 6.09 Å². The van der Waals surface area contributed by atoms with Gasteiger partial charge in [-0.1, -0.05) is 5.11 Å². The molecule has 0 heterocycles. The van der Waals surface area contributed by atoms with Gasteiger partial charge >= 0.3 is 6.09 Å². The largest absolute Gasteiger partial charge is 0.465 e. The van der Waals surface area contributed by atoms with Crippen LogP contribution in [0.3, 0.4) is 0 Å². The molecule has 7 heteroatoms. The molecule has 0 aromatic carbocycles. The average molecular weight is 174 g/mol. The lowest BCUT2D eigenvalue weighted by atomic mass is 10.3. The highest BCUT2D eigenvalue weighted by atomic mass is 16.5. The SMILES string of the molecule is COCC(CN=[N+]=[N-])NC(=O)O. The van der Waals surface area contributed by atoms with Crippen LogP contribution in [0.2, 0.25) is 0 Å². The van der Waals surface area contributed by atoms with E-state index in [0.717, 1.165) is 0 Å². The lowest BCUT2D eigenvalue weighted by molar-refractivity contribution is 0.153. The first-order chi connectivity index (χ1) is 5.70. The minimum absolute atomic E-state index is 0.0522. The van der Waals surface area contributed by atoms with Gasteiger partial charge in [0.05, 0.1) is 12.6 Å². The van der Waals surface area contributed by atoms with Crippen molar-refractivity contribution in [1.29, 1.82) is 0 Å². The number of ether oxygens (including phenoxy) is 1. The second-order valence-electron chi connectivity index (χ2n) is 2.02. The summed E-state index contributed by atoms with van der Waals surface area (Å²) >= 11 is 0. The number of azide groups is 1. The number of amides is 1. The van der Waals surface area contributed by atoms with Gasteiger partial charge in [0.2, 0.25) is 0 Å². The van der Waals surface area contributed by atoms with Crippen molar-refractivity contribution in [3.05, 3.63) is 10.4 Å². The highest BCUT2D eigenvalue weighted by Gasteiger charge is 2.08. The third-order valence-corrected chi connectivity index (χ3v) is 1.06. The Morgan fingerprint density at radius 3 is 3.00 bits per heavy atom. The summed E-state index contributed by atoms with van der Waals surface area (Å²) in [7, 11) is 1.44. The molecule has 7 nitrogen and oxygen atoms in total. The molecular weight excluding hydrogens is 164 g/mol. The summed E-state index contributed by atoms with van der Waals surface area (Å²) in [4.78, 5) is 12.6. The van der Waals surface area contributed by atoms with E-state index in [4.69, 9.17) is 15.4 Å². The molecule has 0 rings (SSSR count). The zero-order valence-electron chi connectivity index (χ0n) is 6.60. The molecule has 2 N–H and O–H groups in total. The molecule has 0 aromatic rings. The Bertz CT molecular complexity index is 185. The van der Waals surface area contributed by atoms with E-state index in [9.17, 15) is 4.79 Å². The Kier molecular flexibility index (Phi) is 5.50. The molecule has 0 saturated carbocycles. The summed E-state index contributed by atoms with van der Waals surface area (Å²) in [6, 6.07) is -0.483. The molecule has 0 bridgehead atoms. The molecule has 0 radical (unpaired) electrons. The van der Waals surface area contributed by atoms with Gasteiger partial charge in [0.25, 0.3) is 0 Å². The predicted octanol–water partition coefficient (Wildman–Crippen LogP) is 0.579. The van der Waals surface area contributed by atoms with Gasteiger partial charge in [-0.3, -0.25) is 0 Å². The van der Waals surface area contributed by atoms with Crippen molar-refractivity contribution < 1.29 is 14.6 Å². The Hall–Kier alpha value is -1.46. The second kappa shape index (κ2) is 6.26. The Morgan fingerprint density at radius 2 is 2.58 bits per heavy atom. The molecule has 12 heavy (non-hydrogen) atoms. The van der Waals surface area contributed by atoms with Gasteiger partial charge in [0, 0.05) is 18.6 Å². The second-order valence-corrected chi connectivity index (χ2v) is 2.02. The maximum Gasteiger partial charge on any atom is 0.404 e. The fraction of sp³-hybridized carbons (Fsp3) is 0.800. The Balaban J connectivity index is 3.84. The lowest BCUT2D eigenvalue weighted by Crippen LogP contribution is -2.39. The average Bonchev–Trinajstić information content (AvgIpc) is 2.00. The van der Waals surface area contributed by atoms with Gasteiger partial charge < -0.3 is 15.2 Å². The zero-order valence-corrected chi connectivity index (χ0v) is 6.60. The Morgan fingerprint density at radius 1 is 1.92 bits per heavy atom. The molecule has 1 unspecified atom stereocenters. The van der Waals surface area contributed by atoms with E-state index < -0.39 is 12.1 Å². The van der Waals surface area contributed by atoms with Gasteiger partial charge in [0.1, 0.15) is 0 Å². The topological polar surface area (TPSA) is 107 Å². The lowest BCUT2D eigenvalue weighted by Gasteiger charge is -2.12. The van der Waals surface area contributed by atoms with Crippen LogP contribution in [0, 0.1) is 0 Å². The van der Waals surface area contributed by atoms with Crippen molar-refractivity contribution in [1.82, 2.24) is 5.32 Å². The maximum absolute atomic E-state index is 10.1.